The highest BCUT2D eigenvalue weighted by molar-refractivity contribution is 6.50. The fourth-order valence-electron chi connectivity index (χ4n) is 2.45. The van der Waals surface area contributed by atoms with Crippen LogP contribution < -0.4 is 10.3 Å². The van der Waals surface area contributed by atoms with Crippen molar-refractivity contribution >= 4 is 33.6 Å². The first-order valence-corrected chi connectivity index (χ1v) is 8.59. The predicted molar refractivity (Wildman–Crippen MR) is 99.1 cm³/mol. The molecular weight excluding hydrogens is 438 g/mol. The largest absolute Gasteiger partial charge is 0.439 e. The molecule has 0 aliphatic rings. The van der Waals surface area contributed by atoms with E-state index in [9.17, 15) is 31.1 Å². The Bertz CT molecular complexity index is 1140. The second-order valence-electron chi connectivity index (χ2n) is 6.06. The number of alkyl halides is 6. The Morgan fingerprint density at radius 3 is 2.33 bits per heavy atom. The topological polar surface area (TPSA) is 55.0 Å². The van der Waals surface area contributed by atoms with Gasteiger partial charge in [-0.2, -0.15) is 22.0 Å². The molecule has 0 spiro atoms. The van der Waals surface area contributed by atoms with Crippen LogP contribution in [0.4, 0.5) is 26.3 Å². The van der Waals surface area contributed by atoms with Crippen LogP contribution in [0.5, 0.6) is 5.75 Å². The van der Waals surface area contributed by atoms with Gasteiger partial charge in [0.05, 0.1) is 15.9 Å². The SMILES string of the molecule is O=c1[nH]c(/C(Cl)=C/c2ccc(OC(F)(F)[C@H](F)C(F)(F)F)cc2)nc2ccccc12. The monoisotopic (exact) mass is 448 g/mol. The number of halogens is 7. The molecule has 0 saturated heterocycles. The van der Waals surface area contributed by atoms with Crippen molar-refractivity contribution in [3.05, 3.63) is 70.3 Å². The van der Waals surface area contributed by atoms with Crippen LogP contribution in [0.25, 0.3) is 22.0 Å². The number of fused-ring (bicyclic) bond motifs is 1. The standard InChI is InChI=1S/C19H11ClF6N2O2/c20-13(15-27-14-4-2-1-3-12(14)16(29)28-15)9-10-5-7-11(8-6-10)30-19(25,26)17(21)18(22,23)24/h1-9,17H,(H,27,28,29)/b13-9-/t17-/m1/s1. The Kier molecular flexibility index (Phi) is 5.80. The highest BCUT2D eigenvalue weighted by Gasteiger charge is 2.59. The number of para-hydroxylation sites is 1. The minimum atomic E-state index is -5.77. The number of rotatable bonds is 5. The van der Waals surface area contributed by atoms with E-state index in [0.29, 0.717) is 16.5 Å². The molecule has 1 N–H and O–H groups in total. The number of H-pyrrole nitrogens is 1. The lowest BCUT2D eigenvalue weighted by molar-refractivity contribution is -0.304. The summed E-state index contributed by atoms with van der Waals surface area (Å²) in [6.07, 6.45) is -14.0. The molecule has 0 bridgehead atoms. The van der Waals surface area contributed by atoms with E-state index in [1.165, 1.54) is 18.2 Å². The van der Waals surface area contributed by atoms with Crippen LogP contribution in [0.1, 0.15) is 11.4 Å². The fourth-order valence-corrected chi connectivity index (χ4v) is 2.66. The van der Waals surface area contributed by atoms with Crippen LogP contribution >= 0.6 is 11.6 Å². The van der Waals surface area contributed by atoms with Gasteiger partial charge in [-0.3, -0.25) is 4.79 Å². The van der Waals surface area contributed by atoms with Gasteiger partial charge in [-0.1, -0.05) is 35.9 Å². The van der Waals surface area contributed by atoms with Gasteiger partial charge >= 0.3 is 12.3 Å². The summed E-state index contributed by atoms with van der Waals surface area (Å²) in [5.41, 5.74) is 0.317. The van der Waals surface area contributed by atoms with E-state index in [2.05, 4.69) is 14.7 Å². The van der Waals surface area contributed by atoms with Crippen molar-refractivity contribution in [2.45, 2.75) is 18.5 Å². The predicted octanol–water partition coefficient (Wildman–Crippen LogP) is 5.53. The van der Waals surface area contributed by atoms with Gasteiger partial charge in [-0.05, 0) is 35.9 Å². The number of ether oxygens (including phenoxy) is 1. The van der Waals surface area contributed by atoms with Crippen LogP contribution in [0, 0.1) is 0 Å². The maximum absolute atomic E-state index is 13.3. The fraction of sp³-hybridized carbons (Fsp3) is 0.158. The molecule has 158 valence electrons. The minimum Gasteiger partial charge on any atom is -0.430 e. The van der Waals surface area contributed by atoms with Crippen molar-refractivity contribution in [1.29, 1.82) is 0 Å². The zero-order valence-electron chi connectivity index (χ0n) is 14.7. The molecule has 0 radical (unpaired) electrons. The average molecular weight is 449 g/mol. The number of benzene rings is 2. The summed E-state index contributed by atoms with van der Waals surface area (Å²) < 4.78 is 79.8. The van der Waals surface area contributed by atoms with Crippen LogP contribution in [0.15, 0.2) is 53.3 Å². The summed E-state index contributed by atoms with van der Waals surface area (Å²) in [5.74, 6) is -0.630. The van der Waals surface area contributed by atoms with E-state index < -0.39 is 29.8 Å². The van der Waals surface area contributed by atoms with Crippen molar-refractivity contribution in [1.82, 2.24) is 9.97 Å². The van der Waals surface area contributed by atoms with Crippen LogP contribution in [-0.2, 0) is 0 Å². The van der Waals surface area contributed by atoms with E-state index in [4.69, 9.17) is 11.6 Å². The number of nitrogens with one attached hydrogen (secondary N) is 1. The molecule has 4 nitrogen and oxygen atoms in total. The summed E-state index contributed by atoms with van der Waals surface area (Å²) in [7, 11) is 0. The lowest BCUT2D eigenvalue weighted by Crippen LogP contribution is -2.45. The number of nitrogens with zero attached hydrogens (tertiary/aromatic N) is 1. The van der Waals surface area contributed by atoms with Crippen LogP contribution in [0.3, 0.4) is 0 Å². The van der Waals surface area contributed by atoms with E-state index in [1.54, 1.807) is 24.3 Å². The van der Waals surface area contributed by atoms with Gasteiger partial charge in [0.25, 0.3) is 11.7 Å². The summed E-state index contributed by atoms with van der Waals surface area (Å²) in [5, 5.41) is 0.371. The van der Waals surface area contributed by atoms with Gasteiger partial charge in [0.15, 0.2) is 5.82 Å². The zero-order valence-corrected chi connectivity index (χ0v) is 15.4. The Balaban J connectivity index is 1.81. The van der Waals surface area contributed by atoms with Gasteiger partial charge in [0.1, 0.15) is 5.75 Å². The second kappa shape index (κ2) is 8.02. The minimum absolute atomic E-state index is 0.0118. The molecule has 2 aromatic carbocycles. The third kappa shape index (κ3) is 4.76. The number of hydrogen-bond donors (Lipinski definition) is 1. The molecule has 11 heteroatoms. The first kappa shape index (κ1) is 21.7. The first-order chi connectivity index (χ1) is 14.0. The molecule has 0 unspecified atom stereocenters. The van der Waals surface area contributed by atoms with E-state index >= 15 is 0 Å². The Morgan fingerprint density at radius 1 is 1.07 bits per heavy atom. The Hall–Kier alpha value is -3.01. The van der Waals surface area contributed by atoms with Crippen molar-refractivity contribution in [3.8, 4) is 5.75 Å². The van der Waals surface area contributed by atoms with E-state index in [1.807, 2.05) is 0 Å². The second-order valence-corrected chi connectivity index (χ2v) is 6.47. The normalized spacial score (nSPS) is 14.0. The van der Waals surface area contributed by atoms with Crippen molar-refractivity contribution in [2.24, 2.45) is 0 Å². The van der Waals surface area contributed by atoms with Gasteiger partial charge in [0.2, 0.25) is 0 Å². The quantitative estimate of drug-likeness (QED) is 0.522. The summed E-state index contributed by atoms with van der Waals surface area (Å²) in [4.78, 5) is 18.8. The Morgan fingerprint density at radius 2 is 1.70 bits per heavy atom. The highest BCUT2D eigenvalue weighted by Crippen LogP contribution is 2.36. The summed E-state index contributed by atoms with van der Waals surface area (Å²) >= 11 is 6.15. The Labute approximate surface area is 169 Å². The summed E-state index contributed by atoms with van der Waals surface area (Å²) in [6, 6.07) is 10.8. The molecule has 0 amide bonds. The molecule has 30 heavy (non-hydrogen) atoms. The number of hydrogen-bond acceptors (Lipinski definition) is 3. The molecule has 0 saturated carbocycles. The molecule has 0 aliphatic carbocycles. The highest BCUT2D eigenvalue weighted by atomic mass is 35.5. The molecule has 3 rings (SSSR count). The van der Waals surface area contributed by atoms with E-state index in [-0.39, 0.29) is 10.9 Å². The average Bonchev–Trinajstić information content (AvgIpc) is 2.68. The maximum atomic E-state index is 13.3. The number of aromatic nitrogens is 2. The van der Waals surface area contributed by atoms with Gasteiger partial charge < -0.3 is 9.72 Å². The zero-order chi connectivity index (χ0) is 22.1. The van der Waals surface area contributed by atoms with Crippen LogP contribution in [-0.4, -0.2) is 28.4 Å². The van der Waals surface area contributed by atoms with Gasteiger partial charge in [-0.25, -0.2) is 9.37 Å². The first-order valence-electron chi connectivity index (χ1n) is 8.22. The van der Waals surface area contributed by atoms with Crippen molar-refractivity contribution in [3.63, 3.8) is 0 Å². The molecule has 3 aromatic rings. The lowest BCUT2D eigenvalue weighted by atomic mass is 10.2. The maximum Gasteiger partial charge on any atom is 0.439 e. The smallest absolute Gasteiger partial charge is 0.430 e. The van der Waals surface area contributed by atoms with Gasteiger partial charge in [0, 0.05) is 0 Å². The molecule has 1 atom stereocenters. The van der Waals surface area contributed by atoms with Crippen molar-refractivity contribution in [2.75, 3.05) is 0 Å². The van der Waals surface area contributed by atoms with Gasteiger partial charge in [-0.15, -0.1) is 0 Å². The third-order valence-corrected chi connectivity index (χ3v) is 4.14. The number of aromatic amines is 1. The van der Waals surface area contributed by atoms with E-state index in [0.717, 1.165) is 12.1 Å². The van der Waals surface area contributed by atoms with Crippen LogP contribution in [0.2, 0.25) is 0 Å². The molecule has 1 aromatic heterocycles. The molecule has 1 heterocycles. The van der Waals surface area contributed by atoms with Crippen molar-refractivity contribution < 1.29 is 31.1 Å². The molecule has 0 fully saturated rings. The third-order valence-electron chi connectivity index (χ3n) is 3.85. The molecule has 0 aliphatic heterocycles. The summed E-state index contributed by atoms with van der Waals surface area (Å²) in [6.45, 7) is 0. The molecular formula is C19H11ClF6N2O2. The lowest BCUT2D eigenvalue weighted by Gasteiger charge is -2.23.